The minimum Gasteiger partial charge on any atom is -0.371 e. The zero-order valence-corrected chi connectivity index (χ0v) is 11.8. The molecule has 0 aliphatic carbocycles. The highest BCUT2D eigenvalue weighted by Crippen LogP contribution is 2.39. The molecule has 2 aliphatic rings. The third-order valence-electron chi connectivity index (χ3n) is 3.97. The number of benzene rings is 1. The minimum absolute atomic E-state index is 0.0536. The molecule has 2 bridgehead atoms. The van der Waals surface area contributed by atoms with Crippen LogP contribution in [-0.4, -0.2) is 45.1 Å². The van der Waals surface area contributed by atoms with Gasteiger partial charge in [0.2, 0.25) is 12.1 Å². The predicted octanol–water partition coefficient (Wildman–Crippen LogP) is 1.71. The lowest BCUT2D eigenvalue weighted by molar-refractivity contribution is -0.345. The molecule has 2 fully saturated rings. The van der Waals surface area contributed by atoms with Crippen LogP contribution in [0.1, 0.15) is 12.0 Å². The fourth-order valence-electron chi connectivity index (χ4n) is 2.74. The maximum atomic E-state index is 5.99. The standard InChI is InChI=1S/C15H20O5/c1-16-15(17-2)8-12(13-10-19-14(15)20-13)18-9-11-6-4-3-5-7-11/h3-7,12-14H,8-10H2,1-2H3/t12-,13+,14+/m0/s1. The van der Waals surface area contributed by atoms with Gasteiger partial charge in [-0.15, -0.1) is 0 Å². The average Bonchev–Trinajstić information content (AvgIpc) is 2.95. The molecule has 5 heteroatoms. The monoisotopic (exact) mass is 280 g/mol. The summed E-state index contributed by atoms with van der Waals surface area (Å²) in [5.74, 6) is -0.881. The first-order chi connectivity index (χ1) is 9.77. The summed E-state index contributed by atoms with van der Waals surface area (Å²) in [6, 6.07) is 10.1. The van der Waals surface area contributed by atoms with Crippen molar-refractivity contribution in [3.8, 4) is 0 Å². The lowest BCUT2D eigenvalue weighted by Crippen LogP contribution is -2.55. The van der Waals surface area contributed by atoms with E-state index in [-0.39, 0.29) is 12.2 Å². The summed E-state index contributed by atoms with van der Waals surface area (Å²) < 4.78 is 28.4. The number of hydrogen-bond donors (Lipinski definition) is 0. The topological polar surface area (TPSA) is 46.2 Å². The second-order valence-electron chi connectivity index (χ2n) is 5.10. The fourth-order valence-corrected chi connectivity index (χ4v) is 2.74. The molecular weight excluding hydrogens is 260 g/mol. The van der Waals surface area contributed by atoms with Gasteiger partial charge in [0, 0.05) is 20.6 Å². The number of fused-ring (bicyclic) bond motifs is 2. The van der Waals surface area contributed by atoms with Crippen molar-refractivity contribution >= 4 is 0 Å². The Morgan fingerprint density at radius 1 is 1.20 bits per heavy atom. The number of ether oxygens (including phenoxy) is 5. The molecule has 3 rings (SSSR count). The van der Waals surface area contributed by atoms with E-state index in [1.807, 2.05) is 30.3 Å². The van der Waals surface area contributed by atoms with Gasteiger partial charge in [-0.1, -0.05) is 30.3 Å². The van der Waals surface area contributed by atoms with E-state index in [1.165, 1.54) is 0 Å². The average molecular weight is 280 g/mol. The molecule has 0 amide bonds. The van der Waals surface area contributed by atoms with Crippen LogP contribution in [-0.2, 0) is 30.3 Å². The Labute approximate surface area is 118 Å². The molecule has 0 aromatic heterocycles. The van der Waals surface area contributed by atoms with Gasteiger partial charge in [0.1, 0.15) is 6.10 Å². The van der Waals surface area contributed by atoms with Crippen LogP contribution in [0.15, 0.2) is 30.3 Å². The quantitative estimate of drug-likeness (QED) is 0.768. The summed E-state index contributed by atoms with van der Waals surface area (Å²) in [5.41, 5.74) is 1.13. The van der Waals surface area contributed by atoms with Gasteiger partial charge in [-0.3, -0.25) is 0 Å². The molecule has 1 aromatic rings. The normalized spacial score (nSPS) is 31.4. The Morgan fingerprint density at radius 2 is 1.95 bits per heavy atom. The van der Waals surface area contributed by atoms with Crippen molar-refractivity contribution in [2.24, 2.45) is 0 Å². The van der Waals surface area contributed by atoms with E-state index in [9.17, 15) is 0 Å². The van der Waals surface area contributed by atoms with Crippen molar-refractivity contribution in [3.05, 3.63) is 35.9 Å². The van der Waals surface area contributed by atoms with E-state index >= 15 is 0 Å². The molecule has 1 aromatic carbocycles. The van der Waals surface area contributed by atoms with Gasteiger partial charge in [-0.2, -0.15) is 0 Å². The predicted molar refractivity (Wildman–Crippen MR) is 71.0 cm³/mol. The SMILES string of the molecule is COC1(OC)C[C@H](OCc2ccccc2)[C@H]2CO[C@@H]1O2. The zero-order valence-electron chi connectivity index (χ0n) is 11.8. The summed E-state index contributed by atoms with van der Waals surface area (Å²) in [6.45, 7) is 1.05. The second kappa shape index (κ2) is 5.79. The van der Waals surface area contributed by atoms with Crippen molar-refractivity contribution in [3.63, 3.8) is 0 Å². The highest BCUT2D eigenvalue weighted by molar-refractivity contribution is 5.13. The molecule has 2 aliphatic heterocycles. The molecular formula is C15H20O5. The third kappa shape index (κ3) is 2.47. The first-order valence-electron chi connectivity index (χ1n) is 6.80. The lowest BCUT2D eigenvalue weighted by Gasteiger charge is -2.41. The Bertz CT molecular complexity index is 431. The van der Waals surface area contributed by atoms with Crippen molar-refractivity contribution < 1.29 is 23.7 Å². The van der Waals surface area contributed by atoms with Gasteiger partial charge in [0.05, 0.1) is 19.3 Å². The number of hydrogen-bond acceptors (Lipinski definition) is 5. The van der Waals surface area contributed by atoms with Gasteiger partial charge in [-0.05, 0) is 5.56 Å². The van der Waals surface area contributed by atoms with E-state index < -0.39 is 12.1 Å². The van der Waals surface area contributed by atoms with E-state index in [0.717, 1.165) is 5.56 Å². The molecule has 2 heterocycles. The minimum atomic E-state index is -0.881. The van der Waals surface area contributed by atoms with Gasteiger partial charge in [-0.25, -0.2) is 0 Å². The number of methoxy groups -OCH3 is 2. The van der Waals surface area contributed by atoms with Crippen LogP contribution in [0.3, 0.4) is 0 Å². The summed E-state index contributed by atoms with van der Waals surface area (Å²) in [4.78, 5) is 0. The molecule has 110 valence electrons. The van der Waals surface area contributed by atoms with Gasteiger partial charge < -0.3 is 23.7 Å². The highest BCUT2D eigenvalue weighted by atomic mass is 16.8. The smallest absolute Gasteiger partial charge is 0.222 e. The van der Waals surface area contributed by atoms with E-state index in [4.69, 9.17) is 23.7 Å². The molecule has 0 saturated carbocycles. The highest BCUT2D eigenvalue weighted by Gasteiger charge is 2.55. The molecule has 0 N–H and O–H groups in total. The Balaban J connectivity index is 1.67. The fraction of sp³-hybridized carbons (Fsp3) is 0.600. The maximum Gasteiger partial charge on any atom is 0.222 e. The molecule has 3 atom stereocenters. The van der Waals surface area contributed by atoms with Crippen LogP contribution < -0.4 is 0 Å². The molecule has 2 saturated heterocycles. The van der Waals surface area contributed by atoms with Crippen LogP contribution in [0.2, 0.25) is 0 Å². The summed E-state index contributed by atoms with van der Waals surface area (Å²) >= 11 is 0. The van der Waals surface area contributed by atoms with Gasteiger partial charge >= 0.3 is 0 Å². The first kappa shape index (κ1) is 14.0. The molecule has 20 heavy (non-hydrogen) atoms. The number of rotatable bonds is 5. The first-order valence-corrected chi connectivity index (χ1v) is 6.80. The third-order valence-corrected chi connectivity index (χ3v) is 3.97. The van der Waals surface area contributed by atoms with Crippen LogP contribution in [0.5, 0.6) is 0 Å². The Morgan fingerprint density at radius 3 is 2.65 bits per heavy atom. The van der Waals surface area contributed by atoms with Crippen molar-refractivity contribution in [2.75, 3.05) is 20.8 Å². The van der Waals surface area contributed by atoms with Gasteiger partial charge in [0.15, 0.2) is 0 Å². The van der Waals surface area contributed by atoms with Gasteiger partial charge in [0.25, 0.3) is 0 Å². The van der Waals surface area contributed by atoms with Crippen LogP contribution >= 0.6 is 0 Å². The molecule has 0 spiro atoms. The Hall–Kier alpha value is -0.980. The lowest BCUT2D eigenvalue weighted by atomic mass is 10.0. The largest absolute Gasteiger partial charge is 0.371 e. The van der Waals surface area contributed by atoms with Crippen molar-refractivity contribution in [2.45, 2.75) is 37.3 Å². The summed E-state index contributed by atoms with van der Waals surface area (Å²) in [5, 5.41) is 0. The van der Waals surface area contributed by atoms with Crippen LogP contribution in [0, 0.1) is 0 Å². The zero-order chi connectivity index (χ0) is 14.0. The molecule has 0 unspecified atom stereocenters. The van der Waals surface area contributed by atoms with E-state index in [2.05, 4.69) is 0 Å². The molecule has 5 nitrogen and oxygen atoms in total. The maximum absolute atomic E-state index is 5.99. The van der Waals surface area contributed by atoms with E-state index in [1.54, 1.807) is 14.2 Å². The summed E-state index contributed by atoms with van der Waals surface area (Å²) in [6.07, 6.45) is -0.0302. The Kier molecular flexibility index (Phi) is 4.05. The van der Waals surface area contributed by atoms with Crippen molar-refractivity contribution in [1.82, 2.24) is 0 Å². The van der Waals surface area contributed by atoms with Crippen molar-refractivity contribution in [1.29, 1.82) is 0 Å². The summed E-state index contributed by atoms with van der Waals surface area (Å²) in [7, 11) is 3.20. The molecule has 0 radical (unpaired) electrons. The van der Waals surface area contributed by atoms with E-state index in [0.29, 0.717) is 19.6 Å². The van der Waals surface area contributed by atoms with Crippen LogP contribution in [0.4, 0.5) is 0 Å². The van der Waals surface area contributed by atoms with Crippen LogP contribution in [0.25, 0.3) is 0 Å². The second-order valence-corrected chi connectivity index (χ2v) is 5.10.